The van der Waals surface area contributed by atoms with Crippen molar-refractivity contribution in [3.8, 4) is 0 Å². The van der Waals surface area contributed by atoms with Crippen LogP contribution in [0.5, 0.6) is 0 Å². The Hall–Kier alpha value is -0.780. The van der Waals surface area contributed by atoms with E-state index in [1.807, 2.05) is 27.7 Å². The highest BCUT2D eigenvalue weighted by Gasteiger charge is 2.07. The fraction of sp³-hybridized carbons (Fsp3) is 0.571. The Morgan fingerprint density at radius 3 is 1.50 bits per heavy atom. The molecule has 0 unspecified atom stereocenters. The van der Waals surface area contributed by atoms with Crippen LogP contribution in [0.4, 0.5) is 0 Å². The number of benzene rings is 1. The van der Waals surface area contributed by atoms with E-state index in [4.69, 9.17) is 0 Å². The third-order valence-electron chi connectivity index (χ3n) is 2.01. The molecule has 0 saturated heterocycles. The fourth-order valence-electron chi connectivity index (χ4n) is 1.51. The van der Waals surface area contributed by atoms with Gasteiger partial charge in [0.25, 0.3) is 0 Å². The maximum atomic E-state index is 2.24. The third-order valence-corrected chi connectivity index (χ3v) is 2.01. The van der Waals surface area contributed by atoms with Gasteiger partial charge in [0.1, 0.15) is 0 Å². The molecule has 1 aliphatic rings. The molecule has 0 fully saturated rings. The molecule has 1 aliphatic carbocycles. The summed E-state index contributed by atoms with van der Waals surface area (Å²) in [5.41, 5.74) is 3.13. The van der Waals surface area contributed by atoms with E-state index >= 15 is 0 Å². The van der Waals surface area contributed by atoms with Gasteiger partial charge in [0, 0.05) is 0 Å². The first-order valence-corrected chi connectivity index (χ1v) is 5.53. The van der Waals surface area contributed by atoms with Crippen molar-refractivity contribution in [2.45, 2.75) is 54.4 Å². The molecule has 0 N–H and O–H groups in total. The van der Waals surface area contributed by atoms with E-state index < -0.39 is 0 Å². The summed E-state index contributed by atoms with van der Waals surface area (Å²) in [5.74, 6) is 0. The van der Waals surface area contributed by atoms with Crippen LogP contribution in [0.15, 0.2) is 24.3 Å². The normalized spacial score (nSPS) is 10.9. The van der Waals surface area contributed by atoms with Gasteiger partial charge in [-0.25, -0.2) is 0 Å². The van der Waals surface area contributed by atoms with Gasteiger partial charge in [0.05, 0.1) is 0 Å². The van der Waals surface area contributed by atoms with Crippen LogP contribution in [0.25, 0.3) is 0 Å². The molecule has 0 radical (unpaired) electrons. The van der Waals surface area contributed by atoms with E-state index in [9.17, 15) is 0 Å². The van der Waals surface area contributed by atoms with Crippen molar-refractivity contribution in [3.05, 3.63) is 35.4 Å². The largest absolute Gasteiger partial charge is 0.0776 e. The standard InChI is InChI=1S/C9H10.2C2H6.CH4/c1-2-5-9-7-3-6-8(9)4-1;2*1-2;/h1-2,4-5H,3,6-7H2;2*1-2H3;1H4. The van der Waals surface area contributed by atoms with Gasteiger partial charge in [-0.3, -0.25) is 0 Å². The summed E-state index contributed by atoms with van der Waals surface area (Å²) in [6, 6.07) is 8.74. The molecule has 0 heteroatoms. The summed E-state index contributed by atoms with van der Waals surface area (Å²) in [6.07, 6.45) is 3.96. The molecule has 0 aromatic heterocycles. The number of aryl methyl sites for hydroxylation is 2. The van der Waals surface area contributed by atoms with E-state index in [1.165, 1.54) is 19.3 Å². The summed E-state index contributed by atoms with van der Waals surface area (Å²) in [4.78, 5) is 0. The van der Waals surface area contributed by atoms with Crippen LogP contribution in [0.2, 0.25) is 0 Å². The molecule has 0 saturated carbocycles. The molecule has 0 atom stereocenters. The van der Waals surface area contributed by atoms with Crippen LogP contribution < -0.4 is 0 Å². The van der Waals surface area contributed by atoms with Crippen molar-refractivity contribution >= 4 is 0 Å². The van der Waals surface area contributed by atoms with Gasteiger partial charge in [-0.1, -0.05) is 59.4 Å². The first-order chi connectivity index (χ1) is 6.47. The lowest BCUT2D eigenvalue weighted by atomic mass is 10.1. The molecule has 1 aromatic rings. The number of rotatable bonds is 0. The monoisotopic (exact) mass is 194 g/mol. The molecular formula is C14H26. The molecule has 0 spiro atoms. The molecule has 0 heterocycles. The van der Waals surface area contributed by atoms with Crippen molar-refractivity contribution in [2.24, 2.45) is 0 Å². The highest BCUT2D eigenvalue weighted by atomic mass is 14.1. The van der Waals surface area contributed by atoms with Crippen molar-refractivity contribution in [3.63, 3.8) is 0 Å². The zero-order valence-corrected chi connectivity index (χ0v) is 9.43. The molecule has 0 aliphatic heterocycles. The molecule has 0 nitrogen and oxygen atoms in total. The van der Waals surface area contributed by atoms with Crippen molar-refractivity contribution in [2.75, 3.05) is 0 Å². The minimum absolute atomic E-state index is 0. The average molecular weight is 194 g/mol. The third kappa shape index (κ3) is 4.45. The van der Waals surface area contributed by atoms with E-state index in [1.54, 1.807) is 11.1 Å². The van der Waals surface area contributed by atoms with Gasteiger partial charge in [0.2, 0.25) is 0 Å². The van der Waals surface area contributed by atoms with Gasteiger partial charge in [-0.05, 0) is 30.4 Å². The predicted octanol–water partition coefficient (Wildman–Crippen LogP) is 4.86. The SMILES string of the molecule is C.CC.CC.c1ccc2c(c1)CCC2. The topological polar surface area (TPSA) is 0 Å². The Morgan fingerprint density at radius 2 is 1.14 bits per heavy atom. The lowest BCUT2D eigenvalue weighted by Crippen LogP contribution is -1.77. The predicted molar refractivity (Wildman–Crippen MR) is 67.9 cm³/mol. The molecule has 14 heavy (non-hydrogen) atoms. The summed E-state index contributed by atoms with van der Waals surface area (Å²) in [7, 11) is 0. The molecular weight excluding hydrogens is 168 g/mol. The van der Waals surface area contributed by atoms with Gasteiger partial charge < -0.3 is 0 Å². The Kier molecular flexibility index (Phi) is 11.5. The lowest BCUT2D eigenvalue weighted by Gasteiger charge is -1.93. The second-order valence-electron chi connectivity index (χ2n) is 2.62. The van der Waals surface area contributed by atoms with Gasteiger partial charge in [-0.2, -0.15) is 0 Å². The van der Waals surface area contributed by atoms with Crippen molar-refractivity contribution in [1.82, 2.24) is 0 Å². The Labute approximate surface area is 90.4 Å². The minimum Gasteiger partial charge on any atom is -0.0776 e. The summed E-state index contributed by atoms with van der Waals surface area (Å²) in [6.45, 7) is 8.00. The number of fused-ring (bicyclic) bond motifs is 1. The maximum absolute atomic E-state index is 2.24. The summed E-state index contributed by atoms with van der Waals surface area (Å²) in [5, 5.41) is 0. The van der Waals surface area contributed by atoms with Crippen LogP contribution in [0.3, 0.4) is 0 Å². The zero-order valence-electron chi connectivity index (χ0n) is 9.43. The number of hydrogen-bond donors (Lipinski definition) is 0. The molecule has 2 rings (SSSR count). The second kappa shape index (κ2) is 10.3. The maximum Gasteiger partial charge on any atom is -0.0273 e. The Morgan fingerprint density at radius 1 is 0.786 bits per heavy atom. The van der Waals surface area contributed by atoms with Crippen LogP contribution in [-0.4, -0.2) is 0 Å². The molecule has 1 aromatic carbocycles. The van der Waals surface area contributed by atoms with E-state index in [-0.39, 0.29) is 7.43 Å². The van der Waals surface area contributed by atoms with Crippen LogP contribution >= 0.6 is 0 Å². The first kappa shape index (κ1) is 15.7. The summed E-state index contributed by atoms with van der Waals surface area (Å²) < 4.78 is 0. The second-order valence-corrected chi connectivity index (χ2v) is 2.62. The zero-order chi connectivity index (χ0) is 10.1. The van der Waals surface area contributed by atoms with Crippen LogP contribution in [-0.2, 0) is 12.8 Å². The average Bonchev–Trinajstić information content (AvgIpc) is 2.71. The molecule has 82 valence electrons. The Bertz CT molecular complexity index is 190. The van der Waals surface area contributed by atoms with E-state index in [0.29, 0.717) is 0 Å². The quantitative estimate of drug-likeness (QED) is 0.553. The van der Waals surface area contributed by atoms with E-state index in [0.717, 1.165) is 0 Å². The molecule has 0 amide bonds. The minimum atomic E-state index is 0. The summed E-state index contributed by atoms with van der Waals surface area (Å²) >= 11 is 0. The Balaban J connectivity index is 0. The number of hydrogen-bond acceptors (Lipinski definition) is 0. The highest BCUT2D eigenvalue weighted by molar-refractivity contribution is 5.30. The lowest BCUT2D eigenvalue weighted by molar-refractivity contribution is 0.912. The van der Waals surface area contributed by atoms with Crippen molar-refractivity contribution in [1.29, 1.82) is 0 Å². The van der Waals surface area contributed by atoms with Gasteiger partial charge in [-0.15, -0.1) is 0 Å². The highest BCUT2D eigenvalue weighted by Crippen LogP contribution is 2.20. The van der Waals surface area contributed by atoms with Crippen LogP contribution in [0.1, 0.15) is 52.7 Å². The first-order valence-electron chi connectivity index (χ1n) is 5.53. The fourth-order valence-corrected chi connectivity index (χ4v) is 1.51. The van der Waals surface area contributed by atoms with E-state index in [2.05, 4.69) is 24.3 Å². The molecule has 0 bridgehead atoms. The van der Waals surface area contributed by atoms with Crippen LogP contribution in [0, 0.1) is 0 Å². The van der Waals surface area contributed by atoms with Crippen molar-refractivity contribution < 1.29 is 0 Å². The van der Waals surface area contributed by atoms with Gasteiger partial charge in [0.15, 0.2) is 0 Å². The van der Waals surface area contributed by atoms with Gasteiger partial charge >= 0.3 is 0 Å². The smallest absolute Gasteiger partial charge is 0.0273 e.